The van der Waals surface area contributed by atoms with E-state index >= 15 is 0 Å². The van der Waals surface area contributed by atoms with Gasteiger partial charge in [-0.1, -0.05) is 76.6 Å². The largest absolute Gasteiger partial charge is 0.462 e. The molecule has 1 aliphatic heterocycles. The van der Waals surface area contributed by atoms with Crippen LogP contribution in [0.5, 0.6) is 0 Å². The lowest BCUT2D eigenvalue weighted by Crippen LogP contribution is -2.65. The molecule has 0 aromatic heterocycles. The average Bonchev–Trinajstić information content (AvgIpc) is 3.31. The number of ketones is 1. The Kier molecular flexibility index (Phi) is 6.92. The van der Waals surface area contributed by atoms with Gasteiger partial charge in [-0.15, -0.1) is 0 Å². The second kappa shape index (κ2) is 9.82. The molecule has 4 unspecified atom stereocenters. The highest BCUT2D eigenvalue weighted by Crippen LogP contribution is 2.77. The number of ether oxygens (including phenoxy) is 1. The summed E-state index contributed by atoms with van der Waals surface area (Å²) < 4.78 is 3.64. The monoisotopic (exact) mass is 593 g/mol. The van der Waals surface area contributed by atoms with Crippen molar-refractivity contribution in [2.75, 3.05) is 13.2 Å². The molecule has 2 aliphatic carbocycles. The highest BCUT2D eigenvalue weighted by Gasteiger charge is 2.85. The number of alkyl halides is 1. The van der Waals surface area contributed by atoms with Gasteiger partial charge in [0.25, 0.3) is 0 Å². The number of nitrogens with zero attached hydrogens (tertiary/aromatic N) is 1. The topological polar surface area (TPSA) is 108 Å². The minimum Gasteiger partial charge on any atom is -0.462 e. The molecule has 7 nitrogen and oxygen atoms in total. The van der Waals surface area contributed by atoms with Crippen molar-refractivity contribution >= 4 is 50.6 Å². The first-order valence-electron chi connectivity index (χ1n) is 13.5. The van der Waals surface area contributed by atoms with Gasteiger partial charge in [0.2, 0.25) is 11.8 Å². The molecule has 2 amide bonds. The van der Waals surface area contributed by atoms with E-state index in [1.807, 2.05) is 74.5 Å². The molecule has 1 saturated heterocycles. The second-order valence-corrected chi connectivity index (χ2v) is 12.3. The summed E-state index contributed by atoms with van der Waals surface area (Å²) in [6, 6.07) is 18.9. The van der Waals surface area contributed by atoms with Crippen molar-refractivity contribution in [3.63, 3.8) is 0 Å². The zero-order valence-electron chi connectivity index (χ0n) is 22.5. The number of esters is 1. The molecule has 2 aromatic rings. The number of benzene rings is 2. The van der Waals surface area contributed by atoms with Crippen LogP contribution in [0.2, 0.25) is 0 Å². The van der Waals surface area contributed by atoms with Crippen molar-refractivity contribution in [1.29, 1.82) is 0 Å². The Hall–Kier alpha value is -3.10. The molecule has 1 saturated carbocycles. The lowest BCUT2D eigenvalue weighted by molar-refractivity contribution is -0.409. The van der Waals surface area contributed by atoms with Gasteiger partial charge in [0.15, 0.2) is 11.8 Å². The number of rotatable bonds is 9. The van der Waals surface area contributed by atoms with Gasteiger partial charge in [-0.3, -0.25) is 19.3 Å². The van der Waals surface area contributed by atoms with Crippen molar-refractivity contribution in [2.45, 2.75) is 50.4 Å². The molecule has 204 valence electrons. The van der Waals surface area contributed by atoms with Gasteiger partial charge in [0.1, 0.15) is 4.32 Å². The predicted molar refractivity (Wildman–Crippen MR) is 150 cm³/mol. The van der Waals surface area contributed by atoms with Gasteiger partial charge in [0.05, 0.1) is 23.4 Å². The number of hydrogen-bond donors (Lipinski definition) is 1. The Bertz CT molecular complexity index is 1380. The number of carbonyl (C=O) groups is 4. The Balaban J connectivity index is 1.52. The van der Waals surface area contributed by atoms with Crippen LogP contribution in [0.15, 0.2) is 60.7 Å². The van der Waals surface area contributed by atoms with Crippen LogP contribution in [0, 0.1) is 16.7 Å². The van der Waals surface area contributed by atoms with Crippen LogP contribution in [0.3, 0.4) is 0 Å². The van der Waals surface area contributed by atoms with Gasteiger partial charge in [-0.2, -0.15) is 0 Å². The van der Waals surface area contributed by atoms with Crippen molar-refractivity contribution in [3.05, 3.63) is 71.8 Å². The number of Topliss-reactive ketones (excluding diaryl/α,β-unsaturated/α-hetero) is 1. The zero-order chi connectivity index (χ0) is 28.2. The van der Waals surface area contributed by atoms with Gasteiger partial charge in [0, 0.05) is 13.0 Å². The molecular formula is C31H34BrN2O5+. The van der Waals surface area contributed by atoms with E-state index in [1.165, 1.54) is 4.90 Å². The number of fused-ring (bicyclic) bond motifs is 5. The number of amides is 2. The third-order valence-corrected chi connectivity index (χ3v) is 10.5. The van der Waals surface area contributed by atoms with Gasteiger partial charge in [-0.05, 0) is 55.9 Å². The van der Waals surface area contributed by atoms with Crippen LogP contribution >= 0.6 is 15.9 Å². The van der Waals surface area contributed by atoms with Crippen molar-refractivity contribution in [3.8, 4) is 0 Å². The molecular weight excluding hydrogens is 560 g/mol. The summed E-state index contributed by atoms with van der Waals surface area (Å²) in [5.41, 5.74) is 4.80. The molecule has 2 aromatic carbocycles. The van der Waals surface area contributed by atoms with Crippen LogP contribution in [0.1, 0.15) is 51.2 Å². The molecule has 39 heavy (non-hydrogen) atoms. The third kappa shape index (κ3) is 3.64. The first-order chi connectivity index (χ1) is 18.6. The summed E-state index contributed by atoms with van der Waals surface area (Å²) in [4.78, 5) is 55.8. The molecule has 3 N–H and O–H groups in total. The van der Waals surface area contributed by atoms with E-state index in [9.17, 15) is 19.2 Å². The fourth-order valence-corrected chi connectivity index (χ4v) is 8.36. The zero-order valence-corrected chi connectivity index (χ0v) is 24.1. The van der Waals surface area contributed by atoms with E-state index in [2.05, 4.69) is 21.7 Å². The summed E-state index contributed by atoms with van der Waals surface area (Å²) in [6.07, 6.45) is 1.65. The van der Waals surface area contributed by atoms with E-state index in [0.29, 0.717) is 25.9 Å². The first kappa shape index (κ1) is 27.5. The fourth-order valence-electron chi connectivity index (χ4n) is 7.11. The van der Waals surface area contributed by atoms with E-state index in [4.69, 9.17) is 4.74 Å². The van der Waals surface area contributed by atoms with E-state index in [0.717, 1.165) is 22.3 Å². The minimum atomic E-state index is -1.38. The van der Waals surface area contributed by atoms with Crippen LogP contribution in [-0.4, -0.2) is 52.0 Å². The maximum Gasteiger partial charge on any atom is 0.364 e. The van der Waals surface area contributed by atoms with Gasteiger partial charge in [-0.25, -0.2) is 4.79 Å². The highest BCUT2D eigenvalue weighted by atomic mass is 79.9. The molecule has 0 spiro atoms. The summed E-state index contributed by atoms with van der Waals surface area (Å²) in [5, 5.41) is 0. The summed E-state index contributed by atoms with van der Waals surface area (Å²) in [6.45, 7) is 5.93. The van der Waals surface area contributed by atoms with E-state index in [-0.39, 0.29) is 30.1 Å². The van der Waals surface area contributed by atoms with Crippen LogP contribution in [0.25, 0.3) is 11.1 Å². The maximum atomic E-state index is 14.4. The number of carbonyl (C=O) groups excluding carboxylic acids is 4. The third-order valence-electron chi connectivity index (χ3n) is 8.90. The van der Waals surface area contributed by atoms with Crippen LogP contribution in [0.4, 0.5) is 0 Å². The average molecular weight is 595 g/mol. The number of halogens is 1. The molecule has 2 bridgehead atoms. The smallest absolute Gasteiger partial charge is 0.364 e. The maximum absolute atomic E-state index is 14.4. The molecule has 1 heterocycles. The van der Waals surface area contributed by atoms with E-state index in [1.54, 1.807) is 6.92 Å². The van der Waals surface area contributed by atoms with Gasteiger partial charge < -0.3 is 10.5 Å². The summed E-state index contributed by atoms with van der Waals surface area (Å²) in [7, 11) is 0. The van der Waals surface area contributed by atoms with Crippen molar-refractivity contribution in [1.82, 2.24) is 4.90 Å². The molecule has 8 heteroatoms. The Labute approximate surface area is 236 Å². The lowest BCUT2D eigenvalue weighted by atomic mass is 9.63. The number of allylic oxidation sites excluding steroid dienone is 2. The summed E-state index contributed by atoms with van der Waals surface area (Å²) in [5.74, 6) is -2.01. The number of unbranched alkanes of at least 4 members (excludes halogenated alkanes) is 1. The summed E-state index contributed by atoms with van der Waals surface area (Å²) >= 11 is 3.78. The van der Waals surface area contributed by atoms with Crippen molar-refractivity contribution < 1.29 is 29.6 Å². The first-order valence-corrected chi connectivity index (χ1v) is 14.3. The fraction of sp³-hybridized carbons (Fsp3) is 0.419. The molecule has 3 aliphatic rings. The number of quaternary nitrogens is 1. The Morgan fingerprint density at radius 3 is 2.10 bits per heavy atom. The Morgan fingerprint density at radius 2 is 1.54 bits per heavy atom. The quantitative estimate of drug-likeness (QED) is 0.206. The molecule has 5 rings (SSSR count). The lowest BCUT2D eigenvalue weighted by Gasteiger charge is -2.41. The van der Waals surface area contributed by atoms with E-state index < -0.39 is 27.1 Å². The predicted octanol–water partition coefficient (Wildman–Crippen LogP) is 3.67. The standard InChI is InChI=1S/C31H33BrN2O5/c1-4-39-26(36)21(33)17-11-12-18-34-25(35)24-29(2)22(19-13-7-5-8-14-19)23(20-15-9-6-10-16-20)30(3,27(29)37)31(24,32)28(34)38/h5-10,13-16,21,24H,4,11-12,17-18,33H2,1-3H3/p+1/t21-,24?,29?,30?,31?/m0/s1. The SMILES string of the molecule is CCOC(=O)[C@@H]([NH3+])CCCCN1C(=O)C2C3(C)C(=O)C(C)(C(c4ccccc4)=C3c3ccccc3)C2(Br)C1=O. The molecule has 0 radical (unpaired) electrons. The Morgan fingerprint density at radius 1 is 0.974 bits per heavy atom. The minimum absolute atomic E-state index is 0.106. The molecule has 2 fully saturated rings. The number of likely N-dealkylation sites (tertiary alicyclic amines) is 1. The highest BCUT2D eigenvalue weighted by molar-refractivity contribution is 9.10. The van der Waals surface area contributed by atoms with Crippen LogP contribution < -0.4 is 5.73 Å². The molecule has 5 atom stereocenters. The number of imide groups is 1. The number of hydrogen-bond acceptors (Lipinski definition) is 5. The van der Waals surface area contributed by atoms with Gasteiger partial charge >= 0.3 is 5.97 Å². The van der Waals surface area contributed by atoms with Crippen LogP contribution in [-0.2, 0) is 23.9 Å². The normalized spacial score (nSPS) is 30.2. The second-order valence-electron chi connectivity index (χ2n) is 11.0. The van der Waals surface area contributed by atoms with Crippen molar-refractivity contribution in [2.24, 2.45) is 16.7 Å².